The Balaban J connectivity index is 0.000000189. The highest BCUT2D eigenvalue weighted by molar-refractivity contribution is 6.31. The molecule has 0 atom stereocenters. The number of carbonyl (C=O) groups is 1. The van der Waals surface area contributed by atoms with Crippen LogP contribution in [0, 0.1) is 11.8 Å². The molecule has 2 N–H and O–H groups in total. The molecular weight excluding hydrogens is 456 g/mol. The third-order valence-electron chi connectivity index (χ3n) is 6.86. The quantitative estimate of drug-likeness (QED) is 0.394. The number of rotatable bonds is 2. The van der Waals surface area contributed by atoms with Gasteiger partial charge < -0.3 is 15.5 Å². The van der Waals surface area contributed by atoms with Crippen molar-refractivity contribution in [2.45, 2.75) is 38.1 Å². The predicted molar refractivity (Wildman–Crippen MR) is 145 cm³/mol. The summed E-state index contributed by atoms with van der Waals surface area (Å²) in [6.07, 6.45) is 9.63. The smallest absolute Gasteiger partial charge is 0.150 e. The Kier molecular flexibility index (Phi) is 8.76. The number of hydrogen-bond donors (Lipinski definition) is 1. The Morgan fingerprint density at radius 2 is 1.71 bits per heavy atom. The molecule has 0 bridgehead atoms. The first-order chi connectivity index (χ1) is 17.0. The van der Waals surface area contributed by atoms with Crippen molar-refractivity contribution in [3.8, 4) is 11.8 Å². The zero-order chi connectivity index (χ0) is 24.6. The molecule has 2 saturated heterocycles. The summed E-state index contributed by atoms with van der Waals surface area (Å²) in [4.78, 5) is 20.0. The van der Waals surface area contributed by atoms with E-state index in [1.807, 2.05) is 12.1 Å². The lowest BCUT2D eigenvalue weighted by atomic mass is 10.0. The van der Waals surface area contributed by atoms with Crippen LogP contribution in [0.1, 0.15) is 53.6 Å². The lowest BCUT2D eigenvalue weighted by molar-refractivity contribution is 0.103. The molecule has 0 aliphatic carbocycles. The largest absolute Gasteiger partial charge is 0.383 e. The Hall–Kier alpha value is -2.91. The van der Waals surface area contributed by atoms with Gasteiger partial charge in [0.25, 0.3) is 0 Å². The third kappa shape index (κ3) is 6.82. The summed E-state index contributed by atoms with van der Waals surface area (Å²) in [5, 5.41) is 2.42. The van der Waals surface area contributed by atoms with Crippen LogP contribution in [0.4, 0.5) is 5.82 Å². The Labute approximate surface area is 213 Å². The number of halogens is 1. The van der Waals surface area contributed by atoms with Crippen molar-refractivity contribution in [3.05, 3.63) is 70.4 Å². The average Bonchev–Trinajstić information content (AvgIpc) is 2.90. The number of aldehydes is 1. The second-order valence-corrected chi connectivity index (χ2v) is 9.81. The van der Waals surface area contributed by atoms with Crippen LogP contribution in [0.2, 0.25) is 5.02 Å². The monoisotopic (exact) mass is 488 g/mol. The fourth-order valence-electron chi connectivity index (χ4n) is 4.75. The SMILES string of the molecule is CN1CCC(N2CCCCC2)CC1.Nc1ncc2ccc(Cl)cc2c1C#Cc1ccc(C=O)cc1. The second kappa shape index (κ2) is 12.2. The molecule has 5 nitrogen and oxygen atoms in total. The number of piperidine rings is 2. The Morgan fingerprint density at radius 1 is 1.00 bits per heavy atom. The van der Waals surface area contributed by atoms with Gasteiger partial charge in [-0.3, -0.25) is 4.79 Å². The molecule has 0 radical (unpaired) electrons. The number of likely N-dealkylation sites (tertiary alicyclic amines) is 2. The number of nitrogens with two attached hydrogens (primary N) is 1. The lowest BCUT2D eigenvalue weighted by Gasteiger charge is -2.39. The zero-order valence-electron chi connectivity index (χ0n) is 20.3. The molecule has 1 aromatic heterocycles. The van der Waals surface area contributed by atoms with Gasteiger partial charge in [0, 0.05) is 39.2 Å². The lowest BCUT2D eigenvalue weighted by Crippen LogP contribution is -2.45. The number of hydrogen-bond acceptors (Lipinski definition) is 5. The molecule has 0 amide bonds. The van der Waals surface area contributed by atoms with E-state index in [1.54, 1.807) is 36.5 Å². The minimum atomic E-state index is 0.367. The van der Waals surface area contributed by atoms with Crippen molar-refractivity contribution < 1.29 is 4.79 Å². The third-order valence-corrected chi connectivity index (χ3v) is 7.09. The van der Waals surface area contributed by atoms with Crippen LogP contribution in [0.15, 0.2) is 48.7 Å². The average molecular weight is 489 g/mol. The molecule has 2 aromatic carbocycles. The molecule has 2 aliphatic rings. The highest BCUT2D eigenvalue weighted by Gasteiger charge is 2.23. The van der Waals surface area contributed by atoms with Gasteiger partial charge in [0.15, 0.2) is 0 Å². The molecule has 5 rings (SSSR count). The van der Waals surface area contributed by atoms with Gasteiger partial charge in [0.2, 0.25) is 0 Å². The summed E-state index contributed by atoms with van der Waals surface area (Å²) in [5.41, 5.74) is 8.01. The number of anilines is 1. The van der Waals surface area contributed by atoms with E-state index in [4.69, 9.17) is 17.3 Å². The van der Waals surface area contributed by atoms with E-state index in [9.17, 15) is 4.79 Å². The van der Waals surface area contributed by atoms with E-state index in [0.29, 0.717) is 22.0 Å². The van der Waals surface area contributed by atoms with E-state index < -0.39 is 0 Å². The maximum Gasteiger partial charge on any atom is 0.150 e. The molecule has 2 fully saturated rings. The summed E-state index contributed by atoms with van der Waals surface area (Å²) in [7, 11) is 2.24. The fourth-order valence-corrected chi connectivity index (χ4v) is 4.93. The molecule has 3 heterocycles. The normalized spacial score (nSPS) is 17.2. The number of benzene rings is 2. The van der Waals surface area contributed by atoms with Gasteiger partial charge >= 0.3 is 0 Å². The summed E-state index contributed by atoms with van der Waals surface area (Å²) in [5.74, 6) is 6.46. The zero-order valence-corrected chi connectivity index (χ0v) is 21.1. The Bertz CT molecular complexity index is 1200. The van der Waals surface area contributed by atoms with Gasteiger partial charge in [0.05, 0.1) is 5.56 Å². The van der Waals surface area contributed by atoms with Crippen LogP contribution in [-0.2, 0) is 0 Å². The number of pyridine rings is 1. The van der Waals surface area contributed by atoms with Crippen molar-refractivity contribution in [3.63, 3.8) is 0 Å². The summed E-state index contributed by atoms with van der Waals surface area (Å²) in [6, 6.07) is 13.4. The molecule has 0 spiro atoms. The molecule has 3 aromatic rings. The highest BCUT2D eigenvalue weighted by Crippen LogP contribution is 2.25. The van der Waals surface area contributed by atoms with Crippen LogP contribution in [0.3, 0.4) is 0 Å². The van der Waals surface area contributed by atoms with Gasteiger partial charge in [-0.1, -0.05) is 48.1 Å². The fraction of sp³-hybridized carbons (Fsp3) is 0.379. The molecule has 2 aliphatic heterocycles. The summed E-state index contributed by atoms with van der Waals surface area (Å²) in [6.45, 7) is 5.35. The topological polar surface area (TPSA) is 62.5 Å². The van der Waals surface area contributed by atoms with Gasteiger partial charge in [-0.2, -0.15) is 0 Å². The second-order valence-electron chi connectivity index (χ2n) is 9.37. The summed E-state index contributed by atoms with van der Waals surface area (Å²) >= 11 is 6.05. The van der Waals surface area contributed by atoms with Crippen LogP contribution in [0.5, 0.6) is 0 Å². The first-order valence-corrected chi connectivity index (χ1v) is 12.7. The molecule has 35 heavy (non-hydrogen) atoms. The molecule has 182 valence electrons. The van der Waals surface area contributed by atoms with Gasteiger partial charge in [-0.05, 0) is 83.2 Å². The maximum absolute atomic E-state index is 10.6. The number of aromatic nitrogens is 1. The number of nitrogen functional groups attached to an aromatic ring is 1. The first-order valence-electron chi connectivity index (χ1n) is 12.4. The number of carbonyl (C=O) groups excluding carboxylic acids is 1. The molecular formula is C29H33ClN4O. The van der Waals surface area contributed by atoms with Crippen molar-refractivity contribution >= 4 is 34.5 Å². The standard InChI is InChI=1S/C18H11ClN2O.C11H22N2/c19-15-7-6-14-10-21-18(20)16(17(14)9-15)8-5-12-1-3-13(11-22)4-2-12;1-12-9-5-11(6-10-12)13-7-3-2-4-8-13/h1-4,6-7,9-11H,(H2,20,21);11H,2-10H2,1H3. The minimum Gasteiger partial charge on any atom is -0.383 e. The molecule has 0 unspecified atom stereocenters. The van der Waals surface area contributed by atoms with Crippen molar-refractivity contribution in [1.29, 1.82) is 0 Å². The van der Waals surface area contributed by atoms with Crippen molar-refractivity contribution in [2.24, 2.45) is 0 Å². The summed E-state index contributed by atoms with van der Waals surface area (Å²) < 4.78 is 0. The molecule has 6 heteroatoms. The van der Waals surface area contributed by atoms with Gasteiger partial charge in [-0.25, -0.2) is 4.98 Å². The van der Waals surface area contributed by atoms with Crippen molar-refractivity contribution in [2.75, 3.05) is 39.0 Å². The van der Waals surface area contributed by atoms with E-state index in [2.05, 4.69) is 33.7 Å². The van der Waals surface area contributed by atoms with Crippen LogP contribution >= 0.6 is 11.6 Å². The van der Waals surface area contributed by atoms with Crippen LogP contribution < -0.4 is 5.73 Å². The van der Waals surface area contributed by atoms with E-state index in [1.165, 1.54) is 58.3 Å². The predicted octanol–water partition coefficient (Wildman–Crippen LogP) is 5.25. The Morgan fingerprint density at radius 3 is 2.40 bits per heavy atom. The number of nitrogens with zero attached hydrogens (tertiary/aromatic N) is 3. The van der Waals surface area contributed by atoms with E-state index >= 15 is 0 Å². The van der Waals surface area contributed by atoms with Crippen molar-refractivity contribution in [1.82, 2.24) is 14.8 Å². The van der Waals surface area contributed by atoms with Gasteiger partial charge in [-0.15, -0.1) is 0 Å². The first kappa shape index (κ1) is 25.2. The van der Waals surface area contributed by atoms with E-state index in [-0.39, 0.29) is 0 Å². The van der Waals surface area contributed by atoms with Crippen LogP contribution in [-0.4, -0.2) is 60.3 Å². The minimum absolute atomic E-state index is 0.367. The number of fused-ring (bicyclic) bond motifs is 1. The highest BCUT2D eigenvalue weighted by atomic mass is 35.5. The van der Waals surface area contributed by atoms with E-state index in [0.717, 1.165) is 28.7 Å². The van der Waals surface area contributed by atoms with Crippen LogP contribution in [0.25, 0.3) is 10.8 Å². The molecule has 0 saturated carbocycles. The van der Waals surface area contributed by atoms with Gasteiger partial charge in [0.1, 0.15) is 12.1 Å². The maximum atomic E-state index is 10.6.